The van der Waals surface area contributed by atoms with Crippen LogP contribution in [0.5, 0.6) is 11.5 Å². The van der Waals surface area contributed by atoms with E-state index < -0.39 is 16.0 Å². The Morgan fingerprint density at radius 3 is 2.47 bits per heavy atom. The molecular formula is C23H21BrN2O7S. The summed E-state index contributed by atoms with van der Waals surface area (Å²) in [6.07, 6.45) is 2.31. The zero-order valence-electron chi connectivity index (χ0n) is 18.3. The second-order valence-electron chi connectivity index (χ2n) is 8.49. The standard InChI is InChI=1S/C23H21BrN2O7S/c1-31-17-7-12(9-19(27)28)8-18(32-2)21(17)34(29,30)26-22-15-11-23(5-6-23)16-4-3-13(24)10-14(16)20(15)33-25-22/h3-4,7-8,10H,5-6,9,11H2,1-2H3,(H,25,26)(H,27,28). The van der Waals surface area contributed by atoms with E-state index in [-0.39, 0.29) is 34.0 Å². The number of ether oxygens (including phenoxy) is 2. The molecule has 178 valence electrons. The van der Waals surface area contributed by atoms with Crippen molar-refractivity contribution in [1.29, 1.82) is 0 Å². The summed E-state index contributed by atoms with van der Waals surface area (Å²) in [6, 6.07) is 8.78. The minimum absolute atomic E-state index is 0.0339. The van der Waals surface area contributed by atoms with Crippen LogP contribution in [0.25, 0.3) is 11.3 Å². The number of nitrogens with zero attached hydrogens (tertiary/aromatic N) is 1. The predicted octanol–water partition coefficient (Wildman–Crippen LogP) is 4.14. The molecule has 3 aromatic rings. The van der Waals surface area contributed by atoms with Crippen molar-refractivity contribution in [2.75, 3.05) is 18.9 Å². The first-order valence-corrected chi connectivity index (χ1v) is 12.7. The number of aromatic nitrogens is 1. The normalized spacial score (nSPS) is 15.4. The van der Waals surface area contributed by atoms with E-state index in [9.17, 15) is 13.2 Å². The maximum Gasteiger partial charge on any atom is 0.307 e. The van der Waals surface area contributed by atoms with Crippen LogP contribution in [-0.2, 0) is 33.1 Å². The maximum atomic E-state index is 13.5. The molecule has 0 atom stereocenters. The van der Waals surface area contributed by atoms with Gasteiger partial charge < -0.3 is 19.1 Å². The number of aliphatic carboxylic acids is 1. The fourth-order valence-electron chi connectivity index (χ4n) is 4.62. The molecule has 0 aliphatic heterocycles. The number of nitrogens with one attached hydrogen (secondary N) is 1. The smallest absolute Gasteiger partial charge is 0.307 e. The van der Waals surface area contributed by atoms with Crippen LogP contribution in [0.1, 0.15) is 29.5 Å². The van der Waals surface area contributed by atoms with E-state index >= 15 is 0 Å². The lowest BCUT2D eigenvalue weighted by Crippen LogP contribution is -2.20. The number of carboxylic acid groups (broad SMARTS) is 1. The minimum atomic E-state index is -4.23. The SMILES string of the molecule is COc1cc(CC(=O)O)cc(OC)c1S(=O)(=O)Nc1noc2c1CC1(CC1)c1ccc(Br)cc1-2. The average Bonchev–Trinajstić information content (AvgIpc) is 3.45. The van der Waals surface area contributed by atoms with Crippen LogP contribution in [0.3, 0.4) is 0 Å². The van der Waals surface area contributed by atoms with Gasteiger partial charge in [-0.3, -0.25) is 9.52 Å². The lowest BCUT2D eigenvalue weighted by molar-refractivity contribution is -0.136. The highest BCUT2D eigenvalue weighted by Gasteiger charge is 2.50. The van der Waals surface area contributed by atoms with Crippen molar-refractivity contribution < 1.29 is 32.3 Å². The first kappa shape index (κ1) is 22.7. The van der Waals surface area contributed by atoms with Gasteiger partial charge in [0.25, 0.3) is 10.0 Å². The van der Waals surface area contributed by atoms with Crippen molar-refractivity contribution in [2.24, 2.45) is 0 Å². The summed E-state index contributed by atoms with van der Waals surface area (Å²) in [6.45, 7) is 0. The van der Waals surface area contributed by atoms with Crippen LogP contribution in [0, 0.1) is 0 Å². The molecule has 0 amide bonds. The van der Waals surface area contributed by atoms with E-state index in [2.05, 4.69) is 31.9 Å². The van der Waals surface area contributed by atoms with Crippen molar-refractivity contribution >= 4 is 37.7 Å². The van der Waals surface area contributed by atoms with Gasteiger partial charge in [0.2, 0.25) is 0 Å². The predicted molar refractivity (Wildman–Crippen MR) is 126 cm³/mol. The molecule has 1 spiro atoms. The summed E-state index contributed by atoms with van der Waals surface area (Å²) in [5, 5.41) is 13.2. The molecule has 2 N–H and O–H groups in total. The molecule has 0 saturated heterocycles. The highest BCUT2D eigenvalue weighted by atomic mass is 79.9. The molecule has 9 nitrogen and oxygen atoms in total. The van der Waals surface area contributed by atoms with E-state index in [1.54, 1.807) is 0 Å². The van der Waals surface area contributed by atoms with Gasteiger partial charge in [0.05, 0.1) is 20.6 Å². The Kier molecular flexibility index (Phi) is 5.36. The Balaban J connectivity index is 1.57. The third kappa shape index (κ3) is 3.72. The third-order valence-corrected chi connectivity index (χ3v) is 8.23. The topological polar surface area (TPSA) is 128 Å². The molecular weight excluding hydrogens is 528 g/mol. The number of methoxy groups -OCH3 is 2. The highest BCUT2D eigenvalue weighted by molar-refractivity contribution is 9.10. The highest BCUT2D eigenvalue weighted by Crippen LogP contribution is 2.58. The van der Waals surface area contributed by atoms with E-state index in [4.69, 9.17) is 19.1 Å². The Morgan fingerprint density at radius 2 is 1.88 bits per heavy atom. The summed E-state index contributed by atoms with van der Waals surface area (Å²) in [5.41, 5.74) is 3.09. The first-order valence-electron chi connectivity index (χ1n) is 10.5. The van der Waals surface area contributed by atoms with Crippen molar-refractivity contribution in [1.82, 2.24) is 5.16 Å². The Morgan fingerprint density at radius 1 is 1.21 bits per heavy atom. The Bertz CT molecular complexity index is 1400. The fourth-order valence-corrected chi connectivity index (χ4v) is 6.31. The second-order valence-corrected chi connectivity index (χ2v) is 11.0. The summed E-state index contributed by atoms with van der Waals surface area (Å²) in [4.78, 5) is 10.9. The molecule has 2 aliphatic rings. The number of carboxylic acids is 1. The second kappa shape index (κ2) is 8.02. The number of rotatable bonds is 7. The molecule has 0 unspecified atom stereocenters. The molecule has 0 radical (unpaired) electrons. The Labute approximate surface area is 204 Å². The van der Waals surface area contributed by atoms with E-state index in [1.807, 2.05) is 12.1 Å². The van der Waals surface area contributed by atoms with Gasteiger partial charge in [-0.1, -0.05) is 27.2 Å². The zero-order chi connectivity index (χ0) is 24.3. The lowest BCUT2D eigenvalue weighted by Gasteiger charge is -2.24. The van der Waals surface area contributed by atoms with Gasteiger partial charge in [-0.2, -0.15) is 0 Å². The average molecular weight is 549 g/mol. The number of halogens is 1. The van der Waals surface area contributed by atoms with E-state index in [1.165, 1.54) is 31.9 Å². The van der Waals surface area contributed by atoms with Crippen LogP contribution in [0.15, 0.2) is 44.2 Å². The van der Waals surface area contributed by atoms with Crippen LogP contribution >= 0.6 is 15.9 Å². The van der Waals surface area contributed by atoms with Crippen LogP contribution in [0.2, 0.25) is 0 Å². The van der Waals surface area contributed by atoms with E-state index in [0.717, 1.165) is 22.9 Å². The number of carbonyl (C=O) groups is 1. The van der Waals surface area contributed by atoms with Gasteiger partial charge in [0.15, 0.2) is 16.5 Å². The molecule has 1 heterocycles. The number of hydrogen-bond acceptors (Lipinski definition) is 7. The van der Waals surface area contributed by atoms with Gasteiger partial charge in [0, 0.05) is 21.0 Å². The van der Waals surface area contributed by atoms with Crippen LogP contribution < -0.4 is 14.2 Å². The summed E-state index contributed by atoms with van der Waals surface area (Å²) >= 11 is 3.50. The number of fused-ring (bicyclic) bond motifs is 4. The van der Waals surface area contributed by atoms with Crippen LogP contribution in [-0.4, -0.2) is 38.9 Å². The fraction of sp³-hybridized carbons (Fsp3) is 0.304. The summed E-state index contributed by atoms with van der Waals surface area (Å²) in [7, 11) is -1.61. The molecule has 1 aromatic heterocycles. The number of hydrogen-bond donors (Lipinski definition) is 2. The van der Waals surface area contributed by atoms with Crippen molar-refractivity contribution in [3.63, 3.8) is 0 Å². The lowest BCUT2D eigenvalue weighted by atomic mass is 9.79. The summed E-state index contributed by atoms with van der Waals surface area (Å²) in [5.74, 6) is -0.470. The van der Waals surface area contributed by atoms with Crippen molar-refractivity contribution in [3.8, 4) is 22.8 Å². The molecule has 34 heavy (non-hydrogen) atoms. The van der Waals surface area contributed by atoms with Gasteiger partial charge >= 0.3 is 5.97 Å². The largest absolute Gasteiger partial charge is 0.495 e. The monoisotopic (exact) mass is 548 g/mol. The number of benzene rings is 2. The molecule has 5 rings (SSSR count). The van der Waals surface area contributed by atoms with Gasteiger partial charge in [-0.15, -0.1) is 0 Å². The molecule has 11 heteroatoms. The molecule has 2 aliphatic carbocycles. The van der Waals surface area contributed by atoms with Crippen LogP contribution in [0.4, 0.5) is 5.82 Å². The quantitative estimate of drug-likeness (QED) is 0.450. The first-order chi connectivity index (χ1) is 16.2. The number of sulfonamides is 1. The van der Waals surface area contributed by atoms with Gasteiger partial charge in [-0.05, 0) is 54.7 Å². The maximum absolute atomic E-state index is 13.5. The molecule has 1 saturated carbocycles. The van der Waals surface area contributed by atoms with Crippen molar-refractivity contribution in [2.45, 2.75) is 36.0 Å². The molecule has 1 fully saturated rings. The Hall–Kier alpha value is -3.05. The number of anilines is 1. The molecule has 0 bridgehead atoms. The minimum Gasteiger partial charge on any atom is -0.495 e. The van der Waals surface area contributed by atoms with Gasteiger partial charge in [0.1, 0.15) is 11.5 Å². The van der Waals surface area contributed by atoms with Gasteiger partial charge in [-0.25, -0.2) is 8.42 Å². The van der Waals surface area contributed by atoms with Crippen molar-refractivity contribution in [3.05, 3.63) is 51.5 Å². The zero-order valence-corrected chi connectivity index (χ0v) is 20.7. The van der Waals surface area contributed by atoms with E-state index in [0.29, 0.717) is 23.3 Å². The third-order valence-electron chi connectivity index (χ3n) is 6.33. The summed E-state index contributed by atoms with van der Waals surface area (Å²) < 4.78 is 46.6. The molecule has 2 aromatic carbocycles.